The van der Waals surface area contributed by atoms with Crippen molar-refractivity contribution in [3.63, 3.8) is 0 Å². The van der Waals surface area contributed by atoms with Gasteiger partial charge in [0.2, 0.25) is 15.9 Å². The average Bonchev–Trinajstić information content (AvgIpc) is 3.24. The molecule has 30 heavy (non-hydrogen) atoms. The number of hydrogen-bond acceptors (Lipinski definition) is 5. The molecule has 2 aromatic rings. The number of hydrogen-bond donors (Lipinski definition) is 1. The summed E-state index contributed by atoms with van der Waals surface area (Å²) in [5.41, 5.74) is 0.746. The lowest BCUT2D eigenvalue weighted by Crippen LogP contribution is -2.46. The summed E-state index contributed by atoms with van der Waals surface area (Å²) in [6.45, 7) is 2.11. The van der Waals surface area contributed by atoms with Crippen LogP contribution >= 0.6 is 11.6 Å². The Hall–Kier alpha value is -2.29. The predicted molar refractivity (Wildman–Crippen MR) is 114 cm³/mol. The normalized spacial score (nSPS) is 18.1. The Morgan fingerprint density at radius 3 is 2.50 bits per heavy atom. The number of nitrogens with one attached hydrogen (secondary N) is 1. The zero-order valence-corrected chi connectivity index (χ0v) is 18.7. The van der Waals surface area contributed by atoms with E-state index < -0.39 is 22.1 Å². The summed E-state index contributed by atoms with van der Waals surface area (Å²) in [6.07, 6.45) is 1.07. The van der Waals surface area contributed by atoms with Crippen LogP contribution in [0.4, 0.5) is 0 Å². The van der Waals surface area contributed by atoms with Crippen molar-refractivity contribution in [1.29, 1.82) is 0 Å². The Labute approximate surface area is 182 Å². The standard InChI is InChI=1S/C21H25ClN2O5S/c1-14(18-13-16(28-2)8-11-20(18)29-3)23-21(25)19-5-4-12-24(19)30(26,27)17-9-6-15(22)7-10-17/h6-11,13-14,19H,4-5,12H2,1-3H3,(H,23,25)/t14-,19-/m1/s1. The Balaban J connectivity index is 1.80. The number of ether oxygens (including phenoxy) is 2. The van der Waals surface area contributed by atoms with Gasteiger partial charge in [-0.1, -0.05) is 11.6 Å². The molecule has 1 heterocycles. The lowest BCUT2D eigenvalue weighted by Gasteiger charge is -2.25. The molecule has 1 amide bonds. The molecular formula is C21H25ClN2O5S. The number of carbonyl (C=O) groups excluding carboxylic acids is 1. The van der Waals surface area contributed by atoms with Gasteiger partial charge in [-0.05, 0) is 62.2 Å². The van der Waals surface area contributed by atoms with Gasteiger partial charge in [0.25, 0.3) is 0 Å². The molecule has 1 aliphatic heterocycles. The second-order valence-electron chi connectivity index (χ2n) is 7.07. The van der Waals surface area contributed by atoms with Crippen molar-refractivity contribution in [2.45, 2.75) is 36.7 Å². The molecule has 162 valence electrons. The summed E-state index contributed by atoms with van der Waals surface area (Å²) >= 11 is 5.87. The summed E-state index contributed by atoms with van der Waals surface area (Å²) in [4.78, 5) is 13.1. The smallest absolute Gasteiger partial charge is 0.243 e. The van der Waals surface area contributed by atoms with Crippen molar-refractivity contribution < 1.29 is 22.7 Å². The van der Waals surface area contributed by atoms with E-state index in [0.717, 1.165) is 5.56 Å². The third-order valence-electron chi connectivity index (χ3n) is 5.19. The predicted octanol–water partition coefficient (Wildman–Crippen LogP) is 3.39. The molecule has 9 heteroatoms. The number of benzene rings is 2. The van der Waals surface area contributed by atoms with Gasteiger partial charge in [0.15, 0.2) is 0 Å². The number of amides is 1. The Bertz CT molecular complexity index is 1010. The molecule has 0 spiro atoms. The molecule has 7 nitrogen and oxygen atoms in total. The highest BCUT2D eigenvalue weighted by molar-refractivity contribution is 7.89. The third kappa shape index (κ3) is 4.55. The van der Waals surface area contributed by atoms with Crippen LogP contribution in [0.25, 0.3) is 0 Å². The highest BCUT2D eigenvalue weighted by atomic mass is 35.5. The largest absolute Gasteiger partial charge is 0.497 e. The Morgan fingerprint density at radius 1 is 1.17 bits per heavy atom. The maximum atomic E-state index is 13.1. The van der Waals surface area contributed by atoms with Crippen LogP contribution in [0.15, 0.2) is 47.4 Å². The summed E-state index contributed by atoms with van der Waals surface area (Å²) in [5, 5.41) is 3.37. The fourth-order valence-electron chi connectivity index (χ4n) is 3.60. The van der Waals surface area contributed by atoms with Gasteiger partial charge in [0, 0.05) is 17.1 Å². The first-order chi connectivity index (χ1) is 14.3. The topological polar surface area (TPSA) is 84.9 Å². The van der Waals surface area contributed by atoms with Crippen LogP contribution in [-0.4, -0.2) is 45.4 Å². The SMILES string of the molecule is COc1ccc(OC)c([C@@H](C)NC(=O)[C@H]2CCCN2S(=O)(=O)c2ccc(Cl)cc2)c1. The molecule has 0 saturated carbocycles. The minimum Gasteiger partial charge on any atom is -0.497 e. The van der Waals surface area contributed by atoms with E-state index in [4.69, 9.17) is 21.1 Å². The van der Waals surface area contributed by atoms with E-state index >= 15 is 0 Å². The Morgan fingerprint density at radius 2 is 1.87 bits per heavy atom. The van der Waals surface area contributed by atoms with Crippen LogP contribution in [-0.2, 0) is 14.8 Å². The zero-order valence-electron chi connectivity index (χ0n) is 17.1. The van der Waals surface area contributed by atoms with Crippen molar-refractivity contribution in [2.75, 3.05) is 20.8 Å². The van der Waals surface area contributed by atoms with Crippen molar-refractivity contribution in [2.24, 2.45) is 0 Å². The summed E-state index contributed by atoms with van der Waals surface area (Å²) in [7, 11) is -0.689. The number of carbonyl (C=O) groups is 1. The van der Waals surface area contributed by atoms with Crippen molar-refractivity contribution in [3.8, 4) is 11.5 Å². The van der Waals surface area contributed by atoms with E-state index in [0.29, 0.717) is 35.9 Å². The van der Waals surface area contributed by atoms with Crippen molar-refractivity contribution in [1.82, 2.24) is 9.62 Å². The molecule has 0 unspecified atom stereocenters. The summed E-state index contributed by atoms with van der Waals surface area (Å²) in [6, 6.07) is 10.1. The number of methoxy groups -OCH3 is 2. The van der Waals surface area contributed by atoms with Crippen LogP contribution in [0.1, 0.15) is 31.4 Å². The fourth-order valence-corrected chi connectivity index (χ4v) is 5.38. The molecule has 1 aliphatic rings. The van der Waals surface area contributed by atoms with Crippen molar-refractivity contribution >= 4 is 27.5 Å². The van der Waals surface area contributed by atoms with E-state index in [9.17, 15) is 13.2 Å². The molecule has 0 aliphatic carbocycles. The van der Waals surface area contributed by atoms with Gasteiger partial charge in [-0.15, -0.1) is 0 Å². The van der Waals surface area contributed by atoms with E-state index in [2.05, 4.69) is 5.32 Å². The minimum absolute atomic E-state index is 0.120. The maximum Gasteiger partial charge on any atom is 0.243 e. The Kier molecular flexibility index (Phi) is 6.90. The molecule has 1 N–H and O–H groups in total. The van der Waals surface area contributed by atoms with Crippen LogP contribution in [0, 0.1) is 0 Å². The van der Waals surface area contributed by atoms with Gasteiger partial charge >= 0.3 is 0 Å². The van der Waals surface area contributed by atoms with Crippen LogP contribution in [0.5, 0.6) is 11.5 Å². The second kappa shape index (κ2) is 9.24. The lowest BCUT2D eigenvalue weighted by atomic mass is 10.1. The van der Waals surface area contributed by atoms with Crippen molar-refractivity contribution in [3.05, 3.63) is 53.1 Å². The average molecular weight is 453 g/mol. The number of nitrogens with zero attached hydrogens (tertiary/aromatic N) is 1. The second-order valence-corrected chi connectivity index (χ2v) is 9.39. The quantitative estimate of drug-likeness (QED) is 0.696. The van der Waals surface area contributed by atoms with Gasteiger partial charge in [-0.25, -0.2) is 8.42 Å². The van der Waals surface area contributed by atoms with Gasteiger partial charge in [-0.2, -0.15) is 4.31 Å². The number of halogens is 1. The highest BCUT2D eigenvalue weighted by Crippen LogP contribution is 2.31. The molecule has 0 bridgehead atoms. The van der Waals surface area contributed by atoms with Crippen LogP contribution in [0.3, 0.4) is 0 Å². The molecular weight excluding hydrogens is 428 g/mol. The molecule has 2 atom stereocenters. The summed E-state index contributed by atoms with van der Waals surface area (Å²) in [5.74, 6) is 0.905. The molecule has 1 saturated heterocycles. The third-order valence-corrected chi connectivity index (χ3v) is 7.36. The molecule has 0 radical (unpaired) electrons. The first-order valence-electron chi connectivity index (χ1n) is 9.57. The molecule has 0 aromatic heterocycles. The van der Waals surface area contributed by atoms with E-state index in [1.54, 1.807) is 32.4 Å². The van der Waals surface area contributed by atoms with Crippen LogP contribution < -0.4 is 14.8 Å². The highest BCUT2D eigenvalue weighted by Gasteiger charge is 2.39. The van der Waals surface area contributed by atoms with E-state index in [1.807, 2.05) is 6.92 Å². The van der Waals surface area contributed by atoms with Gasteiger partial charge in [0.05, 0.1) is 25.2 Å². The number of sulfonamides is 1. The fraction of sp³-hybridized carbons (Fsp3) is 0.381. The van der Waals surface area contributed by atoms with Crippen LogP contribution in [0.2, 0.25) is 5.02 Å². The van der Waals surface area contributed by atoms with Gasteiger partial charge in [-0.3, -0.25) is 4.79 Å². The monoisotopic (exact) mass is 452 g/mol. The first-order valence-corrected chi connectivity index (χ1v) is 11.4. The summed E-state index contributed by atoms with van der Waals surface area (Å²) < 4.78 is 38.1. The number of rotatable bonds is 7. The zero-order chi connectivity index (χ0) is 21.9. The first kappa shape index (κ1) is 22.4. The molecule has 1 fully saturated rings. The molecule has 3 rings (SSSR count). The van der Waals surface area contributed by atoms with Gasteiger partial charge in [0.1, 0.15) is 17.5 Å². The van der Waals surface area contributed by atoms with Gasteiger partial charge < -0.3 is 14.8 Å². The van der Waals surface area contributed by atoms with E-state index in [1.165, 1.54) is 28.6 Å². The lowest BCUT2D eigenvalue weighted by molar-refractivity contribution is -0.124. The van der Waals surface area contributed by atoms with E-state index in [-0.39, 0.29) is 10.8 Å². The maximum absolute atomic E-state index is 13.1. The minimum atomic E-state index is -3.80. The molecule has 2 aromatic carbocycles.